The van der Waals surface area contributed by atoms with Crippen LogP contribution in [0.5, 0.6) is 5.75 Å². The molecule has 7 heteroatoms. The average Bonchev–Trinajstić information content (AvgIpc) is 2.66. The maximum atomic E-state index is 12.0. The van der Waals surface area contributed by atoms with Crippen LogP contribution in [0.3, 0.4) is 0 Å². The molecule has 0 aromatic heterocycles. The fraction of sp³-hybridized carbons (Fsp3) is 0.591. The maximum Gasteiger partial charge on any atom is 0.331 e. The highest BCUT2D eigenvalue weighted by Gasteiger charge is 2.26. The van der Waals surface area contributed by atoms with Crippen LogP contribution in [0.2, 0.25) is 0 Å². The Balaban J connectivity index is 2.70. The van der Waals surface area contributed by atoms with E-state index in [9.17, 15) is 14.4 Å². The number of rotatable bonds is 10. The molecule has 0 amide bonds. The van der Waals surface area contributed by atoms with Gasteiger partial charge >= 0.3 is 17.9 Å². The van der Waals surface area contributed by atoms with Crippen molar-refractivity contribution in [3.63, 3.8) is 0 Å². The Morgan fingerprint density at radius 2 is 1.21 bits per heavy atom. The quantitative estimate of drug-likeness (QED) is 0.328. The molecule has 1 atom stereocenters. The van der Waals surface area contributed by atoms with E-state index in [1.165, 1.54) is 0 Å². The van der Waals surface area contributed by atoms with Gasteiger partial charge in [-0.1, -0.05) is 53.7 Å². The number of hydrogen-bond donors (Lipinski definition) is 0. The first-order valence-corrected chi connectivity index (χ1v) is 10.0. The van der Waals surface area contributed by atoms with Gasteiger partial charge in [0.2, 0.25) is 0 Å². The van der Waals surface area contributed by atoms with Crippen molar-refractivity contribution < 1.29 is 28.8 Å². The van der Waals surface area contributed by atoms with Crippen LogP contribution in [-0.2, 0) is 30.5 Å². The van der Waals surface area contributed by atoms with Crippen molar-refractivity contribution in [1.82, 2.24) is 5.23 Å². The number of ether oxygens (including phenoxy) is 1. The van der Waals surface area contributed by atoms with Gasteiger partial charge < -0.3 is 14.4 Å². The topological polar surface area (TPSA) is 82.1 Å². The smallest absolute Gasteiger partial charge is 0.331 e. The predicted molar refractivity (Wildman–Crippen MR) is 108 cm³/mol. The second-order valence-corrected chi connectivity index (χ2v) is 8.02. The third kappa shape index (κ3) is 8.64. The summed E-state index contributed by atoms with van der Waals surface area (Å²) in [6.45, 7) is 12.2. The maximum absolute atomic E-state index is 12.0. The molecule has 0 spiro atoms. The van der Waals surface area contributed by atoms with Gasteiger partial charge in [0.15, 0.2) is 0 Å². The molecule has 1 aromatic rings. The van der Waals surface area contributed by atoms with Crippen LogP contribution < -0.4 is 4.74 Å². The van der Waals surface area contributed by atoms with Gasteiger partial charge in [0.1, 0.15) is 5.75 Å². The summed E-state index contributed by atoms with van der Waals surface area (Å²) in [4.78, 5) is 46.1. The first kappa shape index (κ1) is 24.6. The molecule has 0 fully saturated rings. The molecule has 1 aromatic carbocycles. The van der Waals surface area contributed by atoms with Crippen molar-refractivity contribution in [1.29, 1.82) is 0 Å². The molecule has 0 aliphatic rings. The largest absolute Gasteiger partial charge is 0.426 e. The highest BCUT2D eigenvalue weighted by Crippen LogP contribution is 2.18. The van der Waals surface area contributed by atoms with Gasteiger partial charge in [-0.2, -0.15) is 0 Å². The fourth-order valence-corrected chi connectivity index (χ4v) is 2.03. The van der Waals surface area contributed by atoms with E-state index in [2.05, 4.69) is 0 Å². The van der Waals surface area contributed by atoms with Crippen LogP contribution >= 0.6 is 0 Å². The Morgan fingerprint density at radius 1 is 0.759 bits per heavy atom. The highest BCUT2D eigenvalue weighted by atomic mass is 17.0. The second kappa shape index (κ2) is 11.6. The van der Waals surface area contributed by atoms with Crippen molar-refractivity contribution in [2.75, 3.05) is 0 Å². The van der Waals surface area contributed by atoms with Crippen molar-refractivity contribution in [2.24, 2.45) is 17.8 Å². The van der Waals surface area contributed by atoms with Crippen molar-refractivity contribution in [2.45, 2.75) is 67.3 Å². The first-order valence-electron chi connectivity index (χ1n) is 10.0. The van der Waals surface area contributed by atoms with Crippen LogP contribution in [0, 0.1) is 17.8 Å². The lowest BCUT2D eigenvalue weighted by Crippen LogP contribution is -2.39. The number of hydrogen-bond acceptors (Lipinski definition) is 7. The summed E-state index contributed by atoms with van der Waals surface area (Å²) in [6.07, 6.45) is 1.25. The molecule has 0 radical (unpaired) electrons. The van der Waals surface area contributed by atoms with E-state index in [4.69, 9.17) is 14.4 Å². The van der Waals surface area contributed by atoms with E-state index in [1.807, 2.05) is 19.1 Å². The number of carbonyl (C=O) groups is 3. The zero-order valence-corrected chi connectivity index (χ0v) is 18.4. The number of esters is 1. The molecule has 0 bridgehead atoms. The van der Waals surface area contributed by atoms with Gasteiger partial charge in [-0.05, 0) is 37.5 Å². The van der Waals surface area contributed by atoms with E-state index in [-0.39, 0.29) is 29.8 Å². The Bertz CT molecular complexity index is 659. The lowest BCUT2D eigenvalue weighted by Gasteiger charge is -2.26. The van der Waals surface area contributed by atoms with E-state index < -0.39 is 11.9 Å². The molecule has 0 aliphatic carbocycles. The average molecular weight is 408 g/mol. The first-order chi connectivity index (χ1) is 13.5. The summed E-state index contributed by atoms with van der Waals surface area (Å²) >= 11 is 0. The van der Waals surface area contributed by atoms with Crippen LogP contribution in [0.1, 0.15) is 60.5 Å². The van der Waals surface area contributed by atoms with Gasteiger partial charge in [0.25, 0.3) is 0 Å². The van der Waals surface area contributed by atoms with E-state index in [1.54, 1.807) is 53.7 Å². The summed E-state index contributed by atoms with van der Waals surface area (Å²) in [5.41, 5.74) is 1.02. The third-order valence-corrected chi connectivity index (χ3v) is 4.13. The number of carbonyl (C=O) groups excluding carboxylic acids is 3. The number of nitrogens with zero attached hydrogens (tertiary/aromatic N) is 1. The number of aryl methyl sites for hydroxylation is 1. The summed E-state index contributed by atoms with van der Waals surface area (Å²) in [5.74, 6) is -1.59. The minimum absolute atomic E-state index is 0.191. The standard InChI is InChI=1S/C22H33NO6/c1-14(2)20(24)27-19-12-10-18(11-13-19)9-8-17(7)23(28-21(25)15(3)4)29-22(26)16(5)6/h10-17H,8-9H2,1-7H3. The Morgan fingerprint density at radius 3 is 1.62 bits per heavy atom. The molecule has 7 nitrogen and oxygen atoms in total. The van der Waals surface area contributed by atoms with Crippen LogP contribution in [0.15, 0.2) is 24.3 Å². The van der Waals surface area contributed by atoms with Crippen molar-refractivity contribution >= 4 is 17.9 Å². The molecular formula is C22H33NO6. The minimum atomic E-state index is -0.468. The fourth-order valence-electron chi connectivity index (χ4n) is 2.03. The van der Waals surface area contributed by atoms with E-state index in [0.717, 1.165) is 10.8 Å². The molecular weight excluding hydrogens is 374 g/mol. The molecule has 162 valence electrons. The van der Waals surface area contributed by atoms with Crippen molar-refractivity contribution in [3.8, 4) is 5.75 Å². The molecule has 0 N–H and O–H groups in total. The van der Waals surface area contributed by atoms with Crippen LogP contribution in [0.25, 0.3) is 0 Å². The zero-order chi connectivity index (χ0) is 22.1. The Hall–Kier alpha value is -2.41. The molecule has 0 aliphatic heterocycles. The van der Waals surface area contributed by atoms with E-state index >= 15 is 0 Å². The van der Waals surface area contributed by atoms with Crippen LogP contribution in [-0.4, -0.2) is 29.2 Å². The lowest BCUT2D eigenvalue weighted by molar-refractivity contribution is -0.345. The van der Waals surface area contributed by atoms with Gasteiger partial charge in [-0.15, -0.1) is 0 Å². The minimum Gasteiger partial charge on any atom is -0.426 e. The lowest BCUT2D eigenvalue weighted by atomic mass is 10.1. The molecule has 1 unspecified atom stereocenters. The molecule has 1 rings (SSSR count). The number of hydroxylamine groups is 2. The van der Waals surface area contributed by atoms with Gasteiger partial charge in [-0.25, -0.2) is 9.59 Å². The molecule has 0 saturated carbocycles. The normalized spacial score (nSPS) is 12.4. The second-order valence-electron chi connectivity index (χ2n) is 8.02. The molecule has 0 heterocycles. The summed E-state index contributed by atoms with van der Waals surface area (Å²) in [7, 11) is 0. The molecule has 0 saturated heterocycles. The van der Waals surface area contributed by atoms with Gasteiger partial charge in [-0.3, -0.25) is 4.79 Å². The summed E-state index contributed by atoms with van der Waals surface area (Å²) < 4.78 is 5.26. The van der Waals surface area contributed by atoms with Crippen molar-refractivity contribution in [3.05, 3.63) is 29.8 Å². The molecule has 29 heavy (non-hydrogen) atoms. The van der Waals surface area contributed by atoms with Gasteiger partial charge in [0, 0.05) is 5.23 Å². The Labute approximate surface area is 173 Å². The predicted octanol–water partition coefficient (Wildman–Crippen LogP) is 4.10. The number of benzene rings is 1. The highest BCUT2D eigenvalue weighted by molar-refractivity contribution is 5.74. The third-order valence-electron chi connectivity index (χ3n) is 4.13. The summed E-state index contributed by atoms with van der Waals surface area (Å²) in [6, 6.07) is 6.91. The summed E-state index contributed by atoms with van der Waals surface area (Å²) in [5, 5.41) is 1.00. The monoisotopic (exact) mass is 407 g/mol. The van der Waals surface area contributed by atoms with Gasteiger partial charge in [0.05, 0.1) is 23.8 Å². The van der Waals surface area contributed by atoms with E-state index in [0.29, 0.717) is 18.6 Å². The SMILES string of the molecule is CC(C)C(=O)Oc1ccc(CCC(C)N(OC(=O)C(C)C)OC(=O)C(C)C)cc1. The Kier molecular flexibility index (Phi) is 9.81. The zero-order valence-electron chi connectivity index (χ0n) is 18.4. The van der Waals surface area contributed by atoms with Crippen LogP contribution in [0.4, 0.5) is 0 Å².